The normalized spacial score (nSPS) is 16.5. The van der Waals surface area contributed by atoms with Crippen LogP contribution in [0.5, 0.6) is 5.75 Å². The summed E-state index contributed by atoms with van der Waals surface area (Å²) >= 11 is 1.68. The van der Waals surface area contributed by atoms with Gasteiger partial charge in [-0.15, -0.1) is 11.3 Å². The van der Waals surface area contributed by atoms with Crippen LogP contribution in [0.4, 0.5) is 0 Å². The van der Waals surface area contributed by atoms with E-state index in [1.807, 2.05) is 20.8 Å². The lowest BCUT2D eigenvalue weighted by Crippen LogP contribution is -2.28. The Kier molecular flexibility index (Phi) is 6.05. The molecular formula is C25H33N3O3S. The van der Waals surface area contributed by atoms with Gasteiger partial charge in [0.05, 0.1) is 18.5 Å². The number of thiophene rings is 1. The minimum atomic E-state index is -0.180. The van der Waals surface area contributed by atoms with Crippen molar-refractivity contribution in [2.24, 2.45) is 17.3 Å². The maximum atomic E-state index is 13.5. The second-order valence-corrected chi connectivity index (χ2v) is 11.5. The van der Waals surface area contributed by atoms with E-state index < -0.39 is 0 Å². The van der Waals surface area contributed by atoms with Crippen LogP contribution in [0.15, 0.2) is 21.9 Å². The maximum absolute atomic E-state index is 13.5. The van der Waals surface area contributed by atoms with E-state index >= 15 is 0 Å². The Balaban J connectivity index is 1.67. The Morgan fingerprint density at radius 3 is 2.72 bits per heavy atom. The standard InChI is InChI=1S/C25H33N3O3S/c1-14(2)13-31-20-11-26-17(10-19(20)29)12-28-15(3)27-23-22(24(28)30)18-8-7-16(25(4,5)6)9-21(18)32-23/h10-11,14,16H,7-9,12-13H2,1-6H3,(H,26,29). The molecule has 0 saturated heterocycles. The quantitative estimate of drug-likeness (QED) is 0.606. The first-order chi connectivity index (χ1) is 15.0. The predicted octanol–water partition coefficient (Wildman–Crippen LogP) is 4.69. The Morgan fingerprint density at radius 2 is 2.06 bits per heavy atom. The summed E-state index contributed by atoms with van der Waals surface area (Å²) in [5.41, 5.74) is 1.91. The fourth-order valence-electron chi connectivity index (χ4n) is 4.42. The van der Waals surface area contributed by atoms with Crippen LogP contribution in [0.2, 0.25) is 0 Å². The molecule has 0 aliphatic heterocycles. The number of fused-ring (bicyclic) bond motifs is 3. The molecule has 1 aliphatic rings. The van der Waals surface area contributed by atoms with E-state index in [1.54, 1.807) is 22.1 Å². The molecule has 4 rings (SSSR count). The van der Waals surface area contributed by atoms with Crippen molar-refractivity contribution in [1.82, 2.24) is 14.5 Å². The average Bonchev–Trinajstić information content (AvgIpc) is 3.07. The third kappa shape index (κ3) is 4.40. The maximum Gasteiger partial charge on any atom is 0.262 e. The number of nitrogens with one attached hydrogen (secondary N) is 1. The van der Waals surface area contributed by atoms with Crippen molar-refractivity contribution < 1.29 is 4.74 Å². The van der Waals surface area contributed by atoms with E-state index in [1.165, 1.54) is 16.5 Å². The zero-order valence-electron chi connectivity index (χ0n) is 19.9. The molecule has 0 radical (unpaired) electrons. The molecule has 1 unspecified atom stereocenters. The van der Waals surface area contributed by atoms with Crippen LogP contribution in [0.3, 0.4) is 0 Å². The van der Waals surface area contributed by atoms with Gasteiger partial charge in [0, 0.05) is 22.8 Å². The summed E-state index contributed by atoms with van der Waals surface area (Å²) in [5, 5.41) is 0.766. The molecule has 172 valence electrons. The molecule has 0 spiro atoms. The first-order valence-electron chi connectivity index (χ1n) is 11.4. The van der Waals surface area contributed by atoms with Gasteiger partial charge in [-0.25, -0.2) is 4.98 Å². The number of hydrogen-bond acceptors (Lipinski definition) is 5. The molecule has 7 heteroatoms. The largest absolute Gasteiger partial charge is 0.488 e. The van der Waals surface area contributed by atoms with Gasteiger partial charge in [-0.05, 0) is 49.0 Å². The van der Waals surface area contributed by atoms with Crippen LogP contribution in [0, 0.1) is 24.2 Å². The molecule has 1 N–H and O–H groups in total. The Hall–Kier alpha value is -2.41. The molecular weight excluding hydrogens is 422 g/mol. The molecule has 3 aromatic heterocycles. The number of H-pyrrole nitrogens is 1. The monoisotopic (exact) mass is 455 g/mol. The van der Waals surface area contributed by atoms with Gasteiger partial charge < -0.3 is 9.72 Å². The molecule has 3 aromatic rings. The highest BCUT2D eigenvalue weighted by Gasteiger charge is 2.32. The first-order valence-corrected chi connectivity index (χ1v) is 12.2. The molecule has 0 amide bonds. The number of rotatable bonds is 5. The summed E-state index contributed by atoms with van der Waals surface area (Å²) in [7, 11) is 0. The lowest BCUT2D eigenvalue weighted by molar-refractivity contribution is 0.218. The third-order valence-corrected chi connectivity index (χ3v) is 7.57. The number of nitrogens with zero attached hydrogens (tertiary/aromatic N) is 2. The van der Waals surface area contributed by atoms with Crippen LogP contribution < -0.4 is 15.7 Å². The van der Waals surface area contributed by atoms with Crippen molar-refractivity contribution >= 4 is 21.6 Å². The van der Waals surface area contributed by atoms with Gasteiger partial charge in [-0.1, -0.05) is 34.6 Å². The molecule has 1 atom stereocenters. The topological polar surface area (TPSA) is 77.0 Å². The number of aromatic amines is 1. The minimum Gasteiger partial charge on any atom is -0.488 e. The summed E-state index contributed by atoms with van der Waals surface area (Å²) in [6.45, 7) is 13.6. The van der Waals surface area contributed by atoms with Gasteiger partial charge in [-0.3, -0.25) is 14.2 Å². The van der Waals surface area contributed by atoms with E-state index in [9.17, 15) is 9.59 Å². The highest BCUT2D eigenvalue weighted by molar-refractivity contribution is 7.18. The second kappa shape index (κ2) is 8.50. The zero-order chi connectivity index (χ0) is 23.2. The Labute approximate surface area is 192 Å². The summed E-state index contributed by atoms with van der Waals surface area (Å²) in [5.74, 6) is 1.92. The molecule has 0 fully saturated rings. The fourth-order valence-corrected chi connectivity index (χ4v) is 5.75. The van der Waals surface area contributed by atoms with Crippen molar-refractivity contribution in [3.63, 3.8) is 0 Å². The van der Waals surface area contributed by atoms with Gasteiger partial charge in [0.15, 0.2) is 5.75 Å². The first kappa shape index (κ1) is 22.8. The van der Waals surface area contributed by atoms with E-state index in [4.69, 9.17) is 9.72 Å². The zero-order valence-corrected chi connectivity index (χ0v) is 20.7. The van der Waals surface area contributed by atoms with E-state index in [0.29, 0.717) is 35.7 Å². The summed E-state index contributed by atoms with van der Waals surface area (Å²) in [4.78, 5) is 36.0. The summed E-state index contributed by atoms with van der Waals surface area (Å²) < 4.78 is 7.24. The van der Waals surface area contributed by atoms with Crippen molar-refractivity contribution in [1.29, 1.82) is 0 Å². The molecule has 6 nitrogen and oxygen atoms in total. The van der Waals surface area contributed by atoms with Crippen molar-refractivity contribution in [3.05, 3.63) is 54.8 Å². The molecule has 1 aliphatic carbocycles. The van der Waals surface area contributed by atoms with Crippen LogP contribution in [0.1, 0.15) is 63.0 Å². The highest BCUT2D eigenvalue weighted by Crippen LogP contribution is 2.42. The predicted molar refractivity (Wildman–Crippen MR) is 130 cm³/mol. The third-order valence-electron chi connectivity index (χ3n) is 6.42. The minimum absolute atomic E-state index is 0.0137. The van der Waals surface area contributed by atoms with Crippen LogP contribution in [-0.2, 0) is 19.4 Å². The molecule has 0 bridgehead atoms. The lowest BCUT2D eigenvalue weighted by Gasteiger charge is -2.33. The Morgan fingerprint density at radius 1 is 1.31 bits per heavy atom. The van der Waals surface area contributed by atoms with Gasteiger partial charge in [0.2, 0.25) is 5.43 Å². The lowest BCUT2D eigenvalue weighted by atomic mass is 9.72. The van der Waals surface area contributed by atoms with Crippen molar-refractivity contribution in [2.45, 2.75) is 67.3 Å². The van der Waals surface area contributed by atoms with E-state index in [2.05, 4.69) is 25.8 Å². The molecule has 0 saturated carbocycles. The van der Waals surface area contributed by atoms with Crippen LogP contribution >= 0.6 is 11.3 Å². The second-order valence-electron chi connectivity index (χ2n) is 10.4. The summed E-state index contributed by atoms with van der Waals surface area (Å²) in [6, 6.07) is 1.52. The SMILES string of the molecule is Cc1nc2sc3c(c2c(=O)n1Cc1cc(=O)c(OCC(C)C)c[nH]1)CCC(C(C)(C)C)C3. The molecule has 0 aromatic carbocycles. The van der Waals surface area contributed by atoms with Gasteiger partial charge >= 0.3 is 0 Å². The van der Waals surface area contributed by atoms with Crippen molar-refractivity contribution in [2.75, 3.05) is 6.61 Å². The number of pyridine rings is 1. The number of aryl methyl sites for hydroxylation is 2. The van der Waals surface area contributed by atoms with E-state index in [-0.39, 0.29) is 22.9 Å². The van der Waals surface area contributed by atoms with Gasteiger partial charge in [0.1, 0.15) is 10.7 Å². The van der Waals surface area contributed by atoms with Crippen molar-refractivity contribution in [3.8, 4) is 5.75 Å². The highest BCUT2D eigenvalue weighted by atomic mass is 32.1. The molecule has 32 heavy (non-hydrogen) atoms. The van der Waals surface area contributed by atoms with Crippen LogP contribution in [-0.4, -0.2) is 21.1 Å². The number of hydrogen-bond donors (Lipinski definition) is 1. The molecule has 3 heterocycles. The van der Waals surface area contributed by atoms with Gasteiger partial charge in [-0.2, -0.15) is 0 Å². The van der Waals surface area contributed by atoms with E-state index in [0.717, 1.165) is 29.5 Å². The van der Waals surface area contributed by atoms with Crippen LogP contribution in [0.25, 0.3) is 10.2 Å². The Bertz CT molecular complexity index is 1260. The average molecular weight is 456 g/mol. The number of ether oxygens (including phenoxy) is 1. The summed E-state index contributed by atoms with van der Waals surface area (Å²) in [6.07, 6.45) is 4.63. The number of aromatic nitrogens is 3. The van der Waals surface area contributed by atoms with Gasteiger partial charge in [0.25, 0.3) is 5.56 Å². The fraction of sp³-hybridized carbons (Fsp3) is 0.560. The smallest absolute Gasteiger partial charge is 0.262 e.